The van der Waals surface area contributed by atoms with E-state index in [-0.39, 0.29) is 18.9 Å². The molecule has 1 unspecified atom stereocenters. The summed E-state index contributed by atoms with van der Waals surface area (Å²) in [6.07, 6.45) is 18.6. The quantitative estimate of drug-likeness (QED) is 0.0476. The molecule has 0 saturated carbocycles. The maximum Gasteiger partial charge on any atom is 0.408 e. The van der Waals surface area contributed by atoms with Crippen molar-refractivity contribution in [1.29, 1.82) is 0 Å². The summed E-state index contributed by atoms with van der Waals surface area (Å²) in [5.74, 6) is -2.88. The maximum absolute atomic E-state index is 13.1. The molecule has 0 radical (unpaired) electrons. The molecule has 2 N–H and O–H groups in total. The van der Waals surface area contributed by atoms with Gasteiger partial charge >= 0.3 is 24.0 Å². The van der Waals surface area contributed by atoms with E-state index in [1.807, 2.05) is 24.3 Å². The van der Waals surface area contributed by atoms with Gasteiger partial charge < -0.3 is 24.6 Å². The van der Waals surface area contributed by atoms with Gasteiger partial charge in [0.05, 0.1) is 0 Å². The predicted molar refractivity (Wildman–Crippen MR) is 204 cm³/mol. The van der Waals surface area contributed by atoms with Crippen LogP contribution in [0, 0.1) is 11.3 Å². The molecule has 2 atom stereocenters. The largest absolute Gasteiger partial charge is 0.481 e. The van der Waals surface area contributed by atoms with E-state index >= 15 is 0 Å². The van der Waals surface area contributed by atoms with Crippen molar-refractivity contribution in [1.82, 2.24) is 5.32 Å². The smallest absolute Gasteiger partial charge is 0.408 e. The zero-order valence-electron chi connectivity index (χ0n) is 32.1. The van der Waals surface area contributed by atoms with Gasteiger partial charge in [-0.2, -0.15) is 0 Å². The minimum atomic E-state index is -1.65. The van der Waals surface area contributed by atoms with Crippen molar-refractivity contribution in [2.45, 2.75) is 149 Å². The zero-order chi connectivity index (χ0) is 37.8. The first kappa shape index (κ1) is 42.5. The van der Waals surface area contributed by atoms with Gasteiger partial charge in [-0.1, -0.05) is 153 Å². The van der Waals surface area contributed by atoms with Crippen LogP contribution in [0.1, 0.15) is 147 Å². The summed E-state index contributed by atoms with van der Waals surface area (Å²) < 4.78 is 16.2. The van der Waals surface area contributed by atoms with Crippen LogP contribution in [0.3, 0.4) is 0 Å². The van der Waals surface area contributed by atoms with E-state index in [2.05, 4.69) is 30.4 Å². The van der Waals surface area contributed by atoms with Crippen LogP contribution in [-0.4, -0.2) is 48.4 Å². The Kier molecular flexibility index (Phi) is 18.8. The number of unbranched alkanes of at least 4 members (excludes halogenated alkanes) is 14. The summed E-state index contributed by atoms with van der Waals surface area (Å²) in [5.41, 5.74) is 3.87. The fraction of sp³-hybridized carbons (Fsp3) is 0.628. The molecule has 52 heavy (non-hydrogen) atoms. The average Bonchev–Trinajstić information content (AvgIpc) is 3.52. The van der Waals surface area contributed by atoms with Crippen LogP contribution in [0.25, 0.3) is 11.1 Å². The number of carboxylic acids is 1. The van der Waals surface area contributed by atoms with Crippen LogP contribution < -0.4 is 5.32 Å². The van der Waals surface area contributed by atoms with Crippen molar-refractivity contribution in [3.63, 3.8) is 0 Å². The first-order chi connectivity index (χ1) is 25.1. The van der Waals surface area contributed by atoms with Crippen molar-refractivity contribution in [3.05, 3.63) is 59.2 Å². The number of ether oxygens (including phenoxy) is 3. The number of hydrogen-bond donors (Lipinski definition) is 2. The van der Waals surface area contributed by atoms with E-state index in [0.717, 1.165) is 42.4 Å². The number of amides is 1. The van der Waals surface area contributed by atoms with Gasteiger partial charge in [0.25, 0.3) is 0 Å². The van der Waals surface area contributed by atoms with Crippen LogP contribution in [0.2, 0.25) is 0 Å². The summed E-state index contributed by atoms with van der Waals surface area (Å²) in [5, 5.41) is 12.5. The van der Waals surface area contributed by atoms with Crippen LogP contribution in [0.15, 0.2) is 42.5 Å². The molecule has 0 heterocycles. The molecule has 1 aliphatic carbocycles. The van der Waals surface area contributed by atoms with Gasteiger partial charge in [-0.05, 0) is 53.5 Å². The Morgan fingerprint density at radius 3 is 1.88 bits per heavy atom. The fourth-order valence-electron chi connectivity index (χ4n) is 6.61. The molecular formula is C43H63NO8. The second-order valence-electron chi connectivity index (χ2n) is 15.1. The Morgan fingerprint density at radius 1 is 0.731 bits per heavy atom. The van der Waals surface area contributed by atoms with E-state index in [0.29, 0.717) is 6.42 Å². The van der Waals surface area contributed by atoms with Crippen molar-refractivity contribution < 1.29 is 38.5 Å². The summed E-state index contributed by atoms with van der Waals surface area (Å²) in [6.45, 7) is 6.18. The third-order valence-electron chi connectivity index (χ3n) is 10.1. The van der Waals surface area contributed by atoms with Gasteiger partial charge in [0.2, 0.25) is 0 Å². The number of carbonyl (C=O) groups is 4. The molecule has 0 bridgehead atoms. The molecular weight excluding hydrogens is 658 g/mol. The molecule has 0 spiro atoms. The molecule has 1 amide bonds. The molecule has 0 fully saturated rings. The first-order valence-electron chi connectivity index (χ1n) is 19.7. The number of rotatable bonds is 26. The van der Waals surface area contributed by atoms with Crippen molar-refractivity contribution in [3.8, 4) is 11.1 Å². The topological polar surface area (TPSA) is 128 Å². The van der Waals surface area contributed by atoms with Crippen LogP contribution in [0.4, 0.5) is 4.79 Å². The van der Waals surface area contributed by atoms with E-state index in [4.69, 9.17) is 14.2 Å². The van der Waals surface area contributed by atoms with Gasteiger partial charge in [0.1, 0.15) is 31.3 Å². The number of aliphatic carboxylic acids is 1. The Bertz CT molecular complexity index is 1420. The van der Waals surface area contributed by atoms with Crippen molar-refractivity contribution in [2.75, 3.05) is 13.2 Å². The molecule has 3 rings (SSSR count). The Balaban J connectivity index is 1.31. The molecule has 0 aromatic heterocycles. The number of benzene rings is 2. The summed E-state index contributed by atoms with van der Waals surface area (Å²) in [7, 11) is 0. The Morgan fingerprint density at radius 2 is 1.29 bits per heavy atom. The number of fused-ring (bicyclic) bond motifs is 3. The summed E-state index contributed by atoms with van der Waals surface area (Å²) >= 11 is 0. The lowest BCUT2D eigenvalue weighted by Gasteiger charge is -2.26. The highest BCUT2D eigenvalue weighted by Gasteiger charge is 2.38. The number of carboxylic acid groups (broad SMARTS) is 1. The molecule has 2 aromatic rings. The monoisotopic (exact) mass is 721 g/mol. The molecule has 1 aliphatic rings. The Labute approximate surface area is 311 Å². The highest BCUT2D eigenvalue weighted by molar-refractivity contribution is 5.83. The van der Waals surface area contributed by atoms with Crippen LogP contribution in [-0.2, 0) is 41.6 Å². The number of carbonyl (C=O) groups excluding carboxylic acids is 3. The lowest BCUT2D eigenvalue weighted by Crippen LogP contribution is -2.47. The molecule has 0 aliphatic heterocycles. The average molecular weight is 722 g/mol. The van der Waals surface area contributed by atoms with Crippen molar-refractivity contribution >= 4 is 24.0 Å². The third-order valence-corrected chi connectivity index (χ3v) is 10.1. The summed E-state index contributed by atoms with van der Waals surface area (Å²) in [4.78, 5) is 50.4. The first-order valence-corrected chi connectivity index (χ1v) is 19.7. The Hall–Kier alpha value is -3.88. The van der Waals surface area contributed by atoms with E-state index in [1.54, 1.807) is 13.8 Å². The van der Waals surface area contributed by atoms with Crippen molar-refractivity contribution in [2.24, 2.45) is 11.3 Å². The molecule has 9 nitrogen and oxygen atoms in total. The van der Waals surface area contributed by atoms with E-state index < -0.39 is 48.7 Å². The van der Waals surface area contributed by atoms with E-state index in [9.17, 15) is 24.3 Å². The molecule has 9 heteroatoms. The number of nitrogens with one attached hydrogen (secondary N) is 1. The number of alkyl carbamates (subject to hydrolysis) is 1. The van der Waals surface area contributed by atoms with Crippen LogP contribution in [0.5, 0.6) is 0 Å². The van der Waals surface area contributed by atoms with Crippen LogP contribution >= 0.6 is 0 Å². The van der Waals surface area contributed by atoms with Gasteiger partial charge in [0, 0.05) is 6.42 Å². The predicted octanol–water partition coefficient (Wildman–Crippen LogP) is 9.95. The SMILES string of the molecule is CCCCCCCCCCCCCCCCCC(=O)OCC(C)(COC(=O)[C@@H](NC(=O)OCc1cccc2c1Cc1ccccc1-2)C(C)C)C(=O)O. The molecule has 2 aromatic carbocycles. The standard InChI is InChI=1S/C43H63NO8/c1-5-6-7-8-9-10-11-12-13-14-15-16-17-18-19-27-38(45)51-30-43(4,41(47)48)31-52-40(46)39(32(2)3)44-42(49)50-29-34-24-22-26-36-35-25-21-20-23-33(35)28-37(34)36/h20-26,32,39H,5-19,27-31H2,1-4H3,(H,44,49)(H,47,48)/t39-,43?/m0/s1. The molecule has 0 saturated heterocycles. The van der Waals surface area contributed by atoms with Gasteiger partial charge in [0.15, 0.2) is 0 Å². The second-order valence-corrected chi connectivity index (χ2v) is 15.1. The lowest BCUT2D eigenvalue weighted by atomic mass is 9.93. The van der Waals surface area contributed by atoms with E-state index in [1.165, 1.54) is 88.7 Å². The zero-order valence-corrected chi connectivity index (χ0v) is 32.1. The minimum absolute atomic E-state index is 0.0325. The normalized spacial score (nSPS) is 13.5. The fourth-order valence-corrected chi connectivity index (χ4v) is 6.61. The second kappa shape index (κ2) is 22.9. The number of hydrogen-bond acceptors (Lipinski definition) is 7. The highest BCUT2D eigenvalue weighted by atomic mass is 16.6. The highest BCUT2D eigenvalue weighted by Crippen LogP contribution is 2.38. The van der Waals surface area contributed by atoms with Gasteiger partial charge in [-0.3, -0.25) is 9.59 Å². The van der Waals surface area contributed by atoms with Gasteiger partial charge in [-0.15, -0.1) is 0 Å². The maximum atomic E-state index is 13.1. The van der Waals surface area contributed by atoms with Gasteiger partial charge in [-0.25, -0.2) is 9.59 Å². The minimum Gasteiger partial charge on any atom is -0.481 e. The third kappa shape index (κ3) is 14.3. The lowest BCUT2D eigenvalue weighted by molar-refractivity contribution is -0.166. The molecule has 288 valence electrons. The summed E-state index contributed by atoms with van der Waals surface area (Å²) in [6, 6.07) is 13.0. The number of esters is 2.